The Morgan fingerprint density at radius 2 is 2.08 bits per heavy atom. The number of amides is 1. The maximum atomic E-state index is 12.5. The Kier molecular flexibility index (Phi) is 5.72. The molecule has 5 nitrogen and oxygen atoms in total. The summed E-state index contributed by atoms with van der Waals surface area (Å²) in [7, 11) is 0. The lowest BCUT2D eigenvalue weighted by molar-refractivity contribution is 0.0138. The molecule has 0 aliphatic carbocycles. The number of hydrogen-bond donors (Lipinski definition) is 2. The molecule has 2 aromatic rings. The summed E-state index contributed by atoms with van der Waals surface area (Å²) >= 11 is 1.34. The monoisotopic (exact) mass is 347 g/mol. The first-order valence-corrected chi connectivity index (χ1v) is 8.89. The largest absolute Gasteiger partial charge is 0.392 e. The van der Waals surface area contributed by atoms with Crippen LogP contribution < -0.4 is 5.32 Å². The molecule has 0 radical (unpaired) electrons. The van der Waals surface area contributed by atoms with Crippen molar-refractivity contribution in [3.63, 3.8) is 0 Å². The third-order valence-electron chi connectivity index (χ3n) is 4.02. The molecule has 0 aliphatic heterocycles. The average Bonchev–Trinajstić information content (AvgIpc) is 2.94. The standard InChI is InChI=1S/C18H25N3O2S/c1-11(2)15(22)18(4,5)10-20-16(23)14-12(3)21-17(24-14)13-8-6-7-9-19-13/h6-9,11,15,22H,10H2,1-5H3,(H,20,23). The molecule has 0 bridgehead atoms. The van der Waals surface area contributed by atoms with E-state index in [-0.39, 0.29) is 11.8 Å². The van der Waals surface area contributed by atoms with E-state index in [4.69, 9.17) is 0 Å². The molecule has 1 atom stereocenters. The van der Waals surface area contributed by atoms with E-state index < -0.39 is 11.5 Å². The topological polar surface area (TPSA) is 75.1 Å². The number of thiazole rings is 1. The summed E-state index contributed by atoms with van der Waals surface area (Å²) in [4.78, 5) is 21.8. The number of aromatic nitrogens is 2. The Morgan fingerprint density at radius 3 is 2.67 bits per heavy atom. The van der Waals surface area contributed by atoms with Crippen LogP contribution in [0.2, 0.25) is 0 Å². The number of hydrogen-bond acceptors (Lipinski definition) is 5. The van der Waals surface area contributed by atoms with Crippen LogP contribution in [-0.2, 0) is 0 Å². The molecule has 24 heavy (non-hydrogen) atoms. The van der Waals surface area contributed by atoms with Gasteiger partial charge in [-0.05, 0) is 25.0 Å². The first-order valence-electron chi connectivity index (χ1n) is 8.07. The Balaban J connectivity index is 2.10. The summed E-state index contributed by atoms with van der Waals surface area (Å²) in [5.41, 5.74) is 1.06. The number of nitrogens with zero attached hydrogens (tertiary/aromatic N) is 2. The summed E-state index contributed by atoms with van der Waals surface area (Å²) < 4.78 is 0. The third kappa shape index (κ3) is 4.19. The number of rotatable bonds is 6. The van der Waals surface area contributed by atoms with Crippen LogP contribution in [0.15, 0.2) is 24.4 Å². The highest BCUT2D eigenvalue weighted by atomic mass is 32.1. The molecule has 2 rings (SSSR count). The van der Waals surface area contributed by atoms with Gasteiger partial charge in [-0.2, -0.15) is 0 Å². The van der Waals surface area contributed by atoms with Crippen molar-refractivity contribution in [2.24, 2.45) is 11.3 Å². The maximum Gasteiger partial charge on any atom is 0.263 e. The van der Waals surface area contributed by atoms with Crippen LogP contribution in [-0.4, -0.2) is 33.6 Å². The summed E-state index contributed by atoms with van der Waals surface area (Å²) in [5, 5.41) is 13.9. The van der Waals surface area contributed by atoms with Crippen molar-refractivity contribution in [3.05, 3.63) is 35.0 Å². The number of aliphatic hydroxyl groups is 1. The molecule has 6 heteroatoms. The number of carbonyl (C=O) groups excluding carboxylic acids is 1. The van der Waals surface area contributed by atoms with Crippen LogP contribution in [0.25, 0.3) is 10.7 Å². The minimum Gasteiger partial charge on any atom is -0.392 e. The first-order chi connectivity index (χ1) is 11.2. The van der Waals surface area contributed by atoms with Gasteiger partial charge in [-0.1, -0.05) is 33.8 Å². The van der Waals surface area contributed by atoms with E-state index in [9.17, 15) is 9.90 Å². The van der Waals surface area contributed by atoms with E-state index >= 15 is 0 Å². The summed E-state index contributed by atoms with van der Waals surface area (Å²) in [6, 6.07) is 5.62. The molecule has 0 spiro atoms. The third-order valence-corrected chi connectivity index (χ3v) is 5.20. The van der Waals surface area contributed by atoms with Crippen LogP contribution >= 0.6 is 11.3 Å². The summed E-state index contributed by atoms with van der Waals surface area (Å²) in [6.45, 7) is 10.1. The number of aliphatic hydroxyl groups excluding tert-OH is 1. The maximum absolute atomic E-state index is 12.5. The number of pyridine rings is 1. The fraction of sp³-hybridized carbons (Fsp3) is 0.500. The van der Waals surface area contributed by atoms with Gasteiger partial charge in [0, 0.05) is 18.2 Å². The molecule has 2 N–H and O–H groups in total. The molecule has 2 heterocycles. The Labute approximate surface area is 147 Å². The second-order valence-electron chi connectivity index (χ2n) is 7.01. The van der Waals surface area contributed by atoms with Gasteiger partial charge in [-0.25, -0.2) is 4.98 Å². The van der Waals surface area contributed by atoms with Crippen LogP contribution in [0.5, 0.6) is 0 Å². The lowest BCUT2D eigenvalue weighted by Crippen LogP contribution is -2.43. The molecular formula is C18H25N3O2S. The highest BCUT2D eigenvalue weighted by Gasteiger charge is 2.31. The Bertz CT molecular complexity index is 696. The fourth-order valence-electron chi connectivity index (χ4n) is 2.60. The Hall–Kier alpha value is -1.79. The lowest BCUT2D eigenvalue weighted by Gasteiger charge is -2.33. The van der Waals surface area contributed by atoms with Gasteiger partial charge in [0.1, 0.15) is 9.88 Å². The van der Waals surface area contributed by atoms with Crippen LogP contribution in [0, 0.1) is 18.3 Å². The van der Waals surface area contributed by atoms with Gasteiger partial charge >= 0.3 is 0 Å². The van der Waals surface area contributed by atoms with E-state index in [1.54, 1.807) is 6.20 Å². The second-order valence-corrected chi connectivity index (χ2v) is 8.01. The van der Waals surface area contributed by atoms with Crippen LogP contribution in [0.1, 0.15) is 43.1 Å². The SMILES string of the molecule is Cc1nc(-c2ccccn2)sc1C(=O)NCC(C)(C)C(O)C(C)C. The predicted octanol–water partition coefficient (Wildman–Crippen LogP) is 3.29. The molecule has 0 saturated carbocycles. The normalized spacial score (nSPS) is 13.1. The molecule has 0 aliphatic rings. The number of carbonyl (C=O) groups is 1. The minimum absolute atomic E-state index is 0.137. The van der Waals surface area contributed by atoms with Gasteiger partial charge in [-0.3, -0.25) is 9.78 Å². The zero-order valence-corrected chi connectivity index (χ0v) is 15.6. The van der Waals surface area contributed by atoms with Gasteiger partial charge in [0.2, 0.25) is 0 Å². The molecule has 130 valence electrons. The molecule has 1 unspecified atom stereocenters. The van der Waals surface area contributed by atoms with Gasteiger partial charge in [-0.15, -0.1) is 11.3 Å². The van der Waals surface area contributed by atoms with E-state index in [1.165, 1.54) is 11.3 Å². The van der Waals surface area contributed by atoms with Gasteiger partial charge in [0.05, 0.1) is 17.5 Å². The number of nitrogens with one attached hydrogen (secondary N) is 1. The van der Waals surface area contributed by atoms with Crippen molar-refractivity contribution in [1.82, 2.24) is 15.3 Å². The van der Waals surface area contributed by atoms with Crippen LogP contribution in [0.4, 0.5) is 0 Å². The molecular weight excluding hydrogens is 322 g/mol. The number of aryl methyl sites for hydroxylation is 1. The van der Waals surface area contributed by atoms with Crippen molar-refractivity contribution >= 4 is 17.2 Å². The van der Waals surface area contributed by atoms with Crippen molar-refractivity contribution in [1.29, 1.82) is 0 Å². The quantitative estimate of drug-likeness (QED) is 0.841. The lowest BCUT2D eigenvalue weighted by atomic mass is 9.80. The zero-order chi connectivity index (χ0) is 17.9. The van der Waals surface area contributed by atoms with E-state index in [0.717, 1.165) is 10.7 Å². The van der Waals surface area contributed by atoms with E-state index in [0.29, 0.717) is 17.1 Å². The highest BCUT2D eigenvalue weighted by molar-refractivity contribution is 7.17. The molecule has 0 aromatic carbocycles. The molecule has 2 aromatic heterocycles. The van der Waals surface area contributed by atoms with Crippen molar-refractivity contribution in [2.75, 3.05) is 6.54 Å². The summed E-state index contributed by atoms with van der Waals surface area (Å²) in [6.07, 6.45) is 1.23. The smallest absolute Gasteiger partial charge is 0.263 e. The highest BCUT2D eigenvalue weighted by Crippen LogP contribution is 2.28. The fourth-order valence-corrected chi connectivity index (χ4v) is 3.56. The Morgan fingerprint density at radius 1 is 1.38 bits per heavy atom. The predicted molar refractivity (Wildman–Crippen MR) is 97.0 cm³/mol. The van der Waals surface area contributed by atoms with Gasteiger partial charge in [0.15, 0.2) is 0 Å². The molecule has 1 amide bonds. The van der Waals surface area contributed by atoms with E-state index in [1.807, 2.05) is 52.8 Å². The van der Waals surface area contributed by atoms with Crippen molar-refractivity contribution in [3.8, 4) is 10.7 Å². The summed E-state index contributed by atoms with van der Waals surface area (Å²) in [5.74, 6) is -0.0194. The average molecular weight is 347 g/mol. The van der Waals surface area contributed by atoms with Crippen LogP contribution in [0.3, 0.4) is 0 Å². The first kappa shape index (κ1) is 18.5. The van der Waals surface area contributed by atoms with Crippen molar-refractivity contribution in [2.45, 2.75) is 40.7 Å². The second kappa shape index (κ2) is 7.40. The van der Waals surface area contributed by atoms with Gasteiger partial charge < -0.3 is 10.4 Å². The van der Waals surface area contributed by atoms with Crippen molar-refractivity contribution < 1.29 is 9.90 Å². The van der Waals surface area contributed by atoms with E-state index in [2.05, 4.69) is 15.3 Å². The minimum atomic E-state index is -0.482. The molecule has 0 saturated heterocycles. The van der Waals surface area contributed by atoms with Gasteiger partial charge in [0.25, 0.3) is 5.91 Å². The molecule has 0 fully saturated rings. The zero-order valence-electron chi connectivity index (χ0n) is 14.8.